The summed E-state index contributed by atoms with van der Waals surface area (Å²) < 4.78 is 5.34. The van der Waals surface area contributed by atoms with E-state index < -0.39 is 0 Å². The maximum absolute atomic E-state index is 12.3. The van der Waals surface area contributed by atoms with Gasteiger partial charge in [0.1, 0.15) is 5.70 Å². The van der Waals surface area contributed by atoms with E-state index >= 15 is 0 Å². The lowest BCUT2D eigenvalue weighted by Crippen LogP contribution is -2.30. The molecule has 0 aromatic heterocycles. The molecular weight excluding hydrogens is 288 g/mol. The highest BCUT2D eigenvalue weighted by atomic mass is 32.1. The van der Waals surface area contributed by atoms with Crippen LogP contribution in [-0.2, 0) is 4.79 Å². The molecule has 6 heteroatoms. The first-order chi connectivity index (χ1) is 9.99. The van der Waals surface area contributed by atoms with Crippen LogP contribution in [0.2, 0.25) is 0 Å². The quantitative estimate of drug-likeness (QED) is 0.683. The van der Waals surface area contributed by atoms with Gasteiger partial charge in [-0.05, 0) is 49.8 Å². The lowest BCUT2D eigenvalue weighted by molar-refractivity contribution is -0.122. The third kappa shape index (κ3) is 2.85. The third-order valence-electron chi connectivity index (χ3n) is 3.25. The van der Waals surface area contributed by atoms with Crippen molar-refractivity contribution >= 4 is 29.3 Å². The number of carbonyl (C=O) groups is 1. The Morgan fingerprint density at radius 1 is 1.38 bits per heavy atom. The molecule has 1 saturated heterocycles. The van der Waals surface area contributed by atoms with Crippen molar-refractivity contribution in [3.8, 4) is 11.5 Å². The molecule has 1 aromatic carbocycles. The maximum Gasteiger partial charge on any atom is 0.276 e. The molecule has 0 spiro atoms. The number of hydrogen-bond acceptors (Lipinski definition) is 4. The van der Waals surface area contributed by atoms with Gasteiger partial charge in [0.05, 0.1) is 6.61 Å². The van der Waals surface area contributed by atoms with Crippen LogP contribution in [0.25, 0.3) is 6.08 Å². The molecule has 1 heterocycles. The number of phenolic OH excluding ortho intramolecular Hbond substituents is 1. The van der Waals surface area contributed by atoms with Crippen molar-refractivity contribution in [1.82, 2.24) is 9.80 Å². The first-order valence-electron chi connectivity index (χ1n) is 6.76. The van der Waals surface area contributed by atoms with Gasteiger partial charge in [0, 0.05) is 13.6 Å². The molecule has 1 fully saturated rings. The van der Waals surface area contributed by atoms with Crippen LogP contribution in [0.3, 0.4) is 0 Å². The summed E-state index contributed by atoms with van der Waals surface area (Å²) in [4.78, 5) is 15.5. The number of carbonyl (C=O) groups excluding carboxylic acids is 1. The van der Waals surface area contributed by atoms with E-state index in [0.717, 1.165) is 5.56 Å². The molecule has 1 N–H and O–H groups in total. The van der Waals surface area contributed by atoms with Crippen molar-refractivity contribution in [1.29, 1.82) is 0 Å². The van der Waals surface area contributed by atoms with Crippen LogP contribution in [0, 0.1) is 0 Å². The molecular formula is C15H18N2O3S. The van der Waals surface area contributed by atoms with Gasteiger partial charge in [-0.3, -0.25) is 9.69 Å². The summed E-state index contributed by atoms with van der Waals surface area (Å²) in [6.45, 7) is 4.73. The number of phenols is 1. The van der Waals surface area contributed by atoms with E-state index in [-0.39, 0.29) is 11.7 Å². The Labute approximate surface area is 129 Å². The zero-order valence-electron chi connectivity index (χ0n) is 12.3. The smallest absolute Gasteiger partial charge is 0.276 e. The van der Waals surface area contributed by atoms with E-state index in [1.807, 2.05) is 13.8 Å². The molecule has 0 bridgehead atoms. The van der Waals surface area contributed by atoms with Crippen molar-refractivity contribution in [2.75, 3.05) is 20.2 Å². The fourth-order valence-corrected chi connectivity index (χ4v) is 2.45. The van der Waals surface area contributed by atoms with Crippen LogP contribution >= 0.6 is 12.2 Å². The third-order valence-corrected chi connectivity index (χ3v) is 3.74. The zero-order chi connectivity index (χ0) is 15.6. The lowest BCUT2D eigenvalue weighted by atomic mass is 10.1. The summed E-state index contributed by atoms with van der Waals surface area (Å²) in [6.07, 6.45) is 1.74. The van der Waals surface area contributed by atoms with Crippen molar-refractivity contribution in [2.24, 2.45) is 0 Å². The Balaban J connectivity index is 2.37. The number of rotatable bonds is 4. The van der Waals surface area contributed by atoms with Crippen molar-refractivity contribution < 1.29 is 14.6 Å². The largest absolute Gasteiger partial charge is 0.504 e. The number of thiocarbonyl (C=S) groups is 1. The molecule has 0 radical (unpaired) electrons. The molecule has 112 valence electrons. The predicted molar refractivity (Wildman–Crippen MR) is 85.0 cm³/mol. The van der Waals surface area contributed by atoms with Crippen molar-refractivity contribution in [3.05, 3.63) is 29.5 Å². The number of hydrogen-bond donors (Lipinski definition) is 1. The normalized spacial score (nSPS) is 17.0. The Hall–Kier alpha value is -2.08. The second-order valence-electron chi connectivity index (χ2n) is 4.58. The van der Waals surface area contributed by atoms with Crippen LogP contribution in [0.15, 0.2) is 23.9 Å². The fraction of sp³-hybridized carbons (Fsp3) is 0.333. The molecule has 0 atom stereocenters. The number of nitrogens with zero attached hydrogens (tertiary/aromatic N) is 2. The van der Waals surface area contributed by atoms with E-state index in [2.05, 4.69) is 0 Å². The summed E-state index contributed by atoms with van der Waals surface area (Å²) in [5.41, 5.74) is 1.28. The summed E-state index contributed by atoms with van der Waals surface area (Å²) >= 11 is 5.25. The standard InChI is InChI=1S/C15H18N2O3S/c1-4-17-14(19)11(16(3)15(17)21)8-10-6-7-12(18)13(9-10)20-5-2/h6-9,18H,4-5H2,1-3H3/b11-8-. The molecule has 2 rings (SSSR count). The average molecular weight is 306 g/mol. The number of ether oxygens (including phenoxy) is 1. The van der Waals surface area contributed by atoms with Crippen LogP contribution < -0.4 is 4.74 Å². The Kier molecular flexibility index (Phi) is 4.47. The topological polar surface area (TPSA) is 53.0 Å². The summed E-state index contributed by atoms with van der Waals surface area (Å²) in [5.74, 6) is 0.363. The summed E-state index contributed by atoms with van der Waals surface area (Å²) in [6, 6.07) is 4.97. The fourth-order valence-electron chi connectivity index (χ4n) is 2.14. The number of amides is 1. The second kappa shape index (κ2) is 6.13. The average Bonchev–Trinajstić information content (AvgIpc) is 2.66. The van der Waals surface area contributed by atoms with Gasteiger partial charge in [-0.15, -0.1) is 0 Å². The van der Waals surface area contributed by atoms with Gasteiger partial charge in [-0.1, -0.05) is 6.07 Å². The molecule has 0 unspecified atom stereocenters. The molecule has 1 aliphatic rings. The summed E-state index contributed by atoms with van der Waals surface area (Å²) in [5, 5.41) is 10.2. The minimum Gasteiger partial charge on any atom is -0.504 e. The summed E-state index contributed by atoms with van der Waals surface area (Å²) in [7, 11) is 1.77. The van der Waals surface area contributed by atoms with Gasteiger partial charge in [0.15, 0.2) is 16.6 Å². The molecule has 1 amide bonds. The maximum atomic E-state index is 12.3. The highest BCUT2D eigenvalue weighted by Gasteiger charge is 2.34. The Bertz CT molecular complexity index is 613. The highest BCUT2D eigenvalue weighted by molar-refractivity contribution is 7.80. The van der Waals surface area contributed by atoms with Gasteiger partial charge >= 0.3 is 0 Å². The van der Waals surface area contributed by atoms with Gasteiger partial charge in [0.2, 0.25) is 0 Å². The van der Waals surface area contributed by atoms with Crippen molar-refractivity contribution in [2.45, 2.75) is 13.8 Å². The molecule has 21 heavy (non-hydrogen) atoms. The molecule has 1 aliphatic heterocycles. The SMILES string of the molecule is CCOc1cc(/C=C2/C(=O)N(CC)C(=S)N2C)ccc1O. The van der Waals surface area contributed by atoms with Crippen LogP contribution in [0.5, 0.6) is 11.5 Å². The number of likely N-dealkylation sites (N-methyl/N-ethyl adjacent to an activating group) is 2. The van der Waals surface area contributed by atoms with E-state index in [9.17, 15) is 9.90 Å². The van der Waals surface area contributed by atoms with Gasteiger partial charge < -0.3 is 14.7 Å². The zero-order valence-corrected chi connectivity index (χ0v) is 13.1. The monoisotopic (exact) mass is 306 g/mol. The van der Waals surface area contributed by atoms with E-state index in [1.165, 1.54) is 0 Å². The minimum absolute atomic E-state index is 0.0795. The van der Waals surface area contributed by atoms with Crippen molar-refractivity contribution in [3.63, 3.8) is 0 Å². The highest BCUT2D eigenvalue weighted by Crippen LogP contribution is 2.29. The minimum atomic E-state index is -0.115. The van der Waals surface area contributed by atoms with Crippen LogP contribution in [0.4, 0.5) is 0 Å². The van der Waals surface area contributed by atoms with Gasteiger partial charge in [-0.25, -0.2) is 0 Å². The first kappa shape index (κ1) is 15.3. The lowest BCUT2D eigenvalue weighted by Gasteiger charge is -2.13. The first-order valence-corrected chi connectivity index (χ1v) is 7.17. The van der Waals surface area contributed by atoms with E-state index in [0.29, 0.717) is 29.7 Å². The van der Waals surface area contributed by atoms with E-state index in [1.54, 1.807) is 41.1 Å². The molecule has 5 nitrogen and oxygen atoms in total. The second-order valence-corrected chi connectivity index (χ2v) is 4.95. The Morgan fingerprint density at radius 2 is 2.10 bits per heavy atom. The van der Waals surface area contributed by atoms with E-state index in [4.69, 9.17) is 17.0 Å². The number of benzene rings is 1. The number of aromatic hydroxyl groups is 1. The molecule has 0 aliphatic carbocycles. The van der Waals surface area contributed by atoms with Crippen LogP contribution in [-0.4, -0.2) is 46.1 Å². The van der Waals surface area contributed by atoms with Crippen LogP contribution in [0.1, 0.15) is 19.4 Å². The molecule has 0 saturated carbocycles. The molecule has 1 aromatic rings. The van der Waals surface area contributed by atoms with Gasteiger partial charge in [-0.2, -0.15) is 0 Å². The van der Waals surface area contributed by atoms with Gasteiger partial charge in [0.25, 0.3) is 5.91 Å². The predicted octanol–water partition coefficient (Wildman–Crippen LogP) is 2.21. The Morgan fingerprint density at radius 3 is 2.67 bits per heavy atom.